The molecular weight excluding hydrogens is 442 g/mol. The molecule has 0 saturated carbocycles. The molecule has 0 spiro atoms. The molecule has 1 amide bonds. The summed E-state index contributed by atoms with van der Waals surface area (Å²) in [4.78, 5) is 20.1. The first-order valence-electron chi connectivity index (χ1n) is 12.6. The average molecular weight is 470 g/mol. The van der Waals surface area contributed by atoms with Crippen LogP contribution in [0, 0.1) is 6.92 Å². The van der Waals surface area contributed by atoms with Crippen LogP contribution in [0.15, 0.2) is 103 Å². The molecule has 0 aliphatic carbocycles. The van der Waals surface area contributed by atoms with Crippen LogP contribution in [-0.2, 0) is 5.41 Å². The molecule has 2 atom stereocenters. The van der Waals surface area contributed by atoms with Gasteiger partial charge in [0.25, 0.3) is 5.91 Å². The van der Waals surface area contributed by atoms with Crippen LogP contribution in [-0.4, -0.2) is 28.5 Å². The fourth-order valence-corrected chi connectivity index (χ4v) is 6.49. The summed E-state index contributed by atoms with van der Waals surface area (Å²) in [5.74, 6) is 0.0652. The zero-order valence-electron chi connectivity index (χ0n) is 20.2. The Hall–Kier alpha value is -4.31. The Kier molecular flexibility index (Phi) is 4.58. The number of anilines is 1. The van der Waals surface area contributed by atoms with E-state index < -0.39 is 0 Å². The molecule has 4 heteroatoms. The van der Waals surface area contributed by atoms with Gasteiger partial charge in [-0.1, -0.05) is 84.9 Å². The van der Waals surface area contributed by atoms with E-state index in [2.05, 4.69) is 77.9 Å². The number of fused-ring (bicyclic) bond motifs is 4. The van der Waals surface area contributed by atoms with Crippen molar-refractivity contribution in [2.45, 2.75) is 24.9 Å². The Morgan fingerprint density at radius 3 is 2.44 bits per heavy atom. The van der Waals surface area contributed by atoms with Crippen molar-refractivity contribution in [1.29, 1.82) is 0 Å². The zero-order chi connectivity index (χ0) is 24.3. The van der Waals surface area contributed by atoms with E-state index in [9.17, 15) is 4.79 Å². The van der Waals surface area contributed by atoms with Gasteiger partial charge in [0.05, 0.1) is 5.41 Å². The van der Waals surface area contributed by atoms with E-state index in [0.29, 0.717) is 6.54 Å². The number of hydrogen-bond acceptors (Lipinski definition) is 2. The molecule has 176 valence electrons. The molecule has 3 heterocycles. The van der Waals surface area contributed by atoms with E-state index in [4.69, 9.17) is 0 Å². The number of aromatic amines is 1. The van der Waals surface area contributed by atoms with Gasteiger partial charge >= 0.3 is 0 Å². The zero-order valence-corrected chi connectivity index (χ0v) is 20.2. The van der Waals surface area contributed by atoms with E-state index in [1.165, 1.54) is 22.2 Å². The minimum Gasteiger partial charge on any atom is -0.364 e. The van der Waals surface area contributed by atoms with Crippen LogP contribution in [0.4, 0.5) is 5.69 Å². The second-order valence-electron chi connectivity index (χ2n) is 9.89. The maximum absolute atomic E-state index is 14.2. The molecule has 4 aromatic carbocycles. The van der Waals surface area contributed by atoms with Gasteiger partial charge in [0, 0.05) is 34.4 Å². The van der Waals surface area contributed by atoms with Gasteiger partial charge in [-0.3, -0.25) is 4.79 Å². The lowest BCUT2D eigenvalue weighted by molar-refractivity contribution is 0.0741. The molecule has 2 aliphatic heterocycles. The van der Waals surface area contributed by atoms with Crippen LogP contribution in [0.5, 0.6) is 0 Å². The average Bonchev–Trinajstić information content (AvgIpc) is 3.58. The number of hydrogen-bond donors (Lipinski definition) is 2. The molecule has 36 heavy (non-hydrogen) atoms. The third-order valence-corrected chi connectivity index (χ3v) is 8.14. The minimum absolute atomic E-state index is 0.0652. The minimum atomic E-state index is -0.336. The molecule has 5 aromatic rings. The van der Waals surface area contributed by atoms with Crippen LogP contribution in [0.1, 0.15) is 33.6 Å². The second-order valence-corrected chi connectivity index (χ2v) is 9.89. The summed E-state index contributed by atoms with van der Waals surface area (Å²) in [5.41, 5.74) is 8.40. The maximum atomic E-state index is 14.2. The van der Waals surface area contributed by atoms with Crippen molar-refractivity contribution < 1.29 is 4.79 Å². The van der Waals surface area contributed by atoms with Gasteiger partial charge in [-0.05, 0) is 53.8 Å². The van der Waals surface area contributed by atoms with Crippen molar-refractivity contribution in [2.24, 2.45) is 0 Å². The monoisotopic (exact) mass is 469 g/mol. The summed E-state index contributed by atoms with van der Waals surface area (Å²) in [6, 6.07) is 35.2. The third-order valence-electron chi connectivity index (χ3n) is 8.14. The van der Waals surface area contributed by atoms with E-state index in [1.807, 2.05) is 47.4 Å². The second kappa shape index (κ2) is 7.85. The Bertz CT molecular complexity index is 1620. The van der Waals surface area contributed by atoms with Gasteiger partial charge in [-0.15, -0.1) is 0 Å². The highest BCUT2D eigenvalue weighted by Gasteiger charge is 2.57. The fourth-order valence-electron chi connectivity index (χ4n) is 6.49. The summed E-state index contributed by atoms with van der Waals surface area (Å²) in [6.07, 6.45) is 0.687. The van der Waals surface area contributed by atoms with Gasteiger partial charge in [0.2, 0.25) is 0 Å². The largest absolute Gasteiger partial charge is 0.364 e. The van der Waals surface area contributed by atoms with Crippen molar-refractivity contribution in [3.8, 4) is 11.1 Å². The molecule has 2 N–H and O–H groups in total. The number of nitrogens with zero attached hydrogens (tertiary/aromatic N) is 1. The van der Waals surface area contributed by atoms with Crippen LogP contribution >= 0.6 is 0 Å². The number of rotatable bonds is 3. The van der Waals surface area contributed by atoms with Crippen molar-refractivity contribution in [2.75, 3.05) is 11.9 Å². The molecular formula is C32H27N3O. The molecule has 0 radical (unpaired) electrons. The number of para-hydroxylation sites is 2. The van der Waals surface area contributed by atoms with E-state index in [1.54, 1.807) is 0 Å². The van der Waals surface area contributed by atoms with Gasteiger partial charge in [0.1, 0.15) is 6.17 Å². The fraction of sp³-hybridized carbons (Fsp3) is 0.156. The SMILES string of the molecule is Cc1c(C23CCN(C(=O)c4ccccc4-c4ccccc4)C2Nc2ccccc23)[nH]c2ccccc12. The molecule has 2 aliphatic rings. The van der Waals surface area contributed by atoms with Crippen molar-refractivity contribution >= 4 is 22.5 Å². The Morgan fingerprint density at radius 1 is 0.861 bits per heavy atom. The van der Waals surface area contributed by atoms with Crippen molar-refractivity contribution in [3.63, 3.8) is 0 Å². The summed E-state index contributed by atoms with van der Waals surface area (Å²) in [5, 5.41) is 4.99. The smallest absolute Gasteiger partial charge is 0.256 e. The number of benzene rings is 4. The van der Waals surface area contributed by atoms with E-state index >= 15 is 0 Å². The normalized spacial score (nSPS) is 20.2. The maximum Gasteiger partial charge on any atom is 0.256 e. The van der Waals surface area contributed by atoms with Gasteiger partial charge in [-0.25, -0.2) is 0 Å². The molecule has 4 nitrogen and oxygen atoms in total. The summed E-state index contributed by atoms with van der Waals surface area (Å²) in [7, 11) is 0. The first-order valence-corrected chi connectivity index (χ1v) is 12.6. The molecule has 2 unspecified atom stereocenters. The number of amides is 1. The lowest BCUT2D eigenvalue weighted by Gasteiger charge is -2.33. The standard InChI is InChI=1S/C32H27N3O/c1-21-23-13-7-9-17-27(23)33-29(21)32-19-20-35(31(32)34-28-18-10-8-16-26(28)32)30(36)25-15-6-5-14-24(25)22-11-3-2-4-12-22/h2-18,31,33-34H,19-20H2,1H3. The first kappa shape index (κ1) is 21.0. The van der Waals surface area contributed by atoms with E-state index in [0.717, 1.165) is 34.3 Å². The number of aryl methyl sites for hydroxylation is 1. The van der Waals surface area contributed by atoms with Crippen LogP contribution in [0.3, 0.4) is 0 Å². The first-order chi connectivity index (χ1) is 17.7. The van der Waals surface area contributed by atoms with Crippen LogP contribution in [0.25, 0.3) is 22.0 Å². The highest BCUT2D eigenvalue weighted by molar-refractivity contribution is 6.02. The molecule has 0 bridgehead atoms. The molecule has 1 aromatic heterocycles. The lowest BCUT2D eigenvalue weighted by atomic mass is 9.75. The number of carbonyl (C=O) groups excluding carboxylic acids is 1. The Labute approximate surface area is 210 Å². The predicted octanol–water partition coefficient (Wildman–Crippen LogP) is 6.73. The number of nitrogens with one attached hydrogen (secondary N) is 2. The summed E-state index contributed by atoms with van der Waals surface area (Å²) >= 11 is 0. The molecule has 7 rings (SSSR count). The number of carbonyl (C=O) groups is 1. The Balaban J connectivity index is 1.37. The van der Waals surface area contributed by atoms with Crippen molar-refractivity contribution in [1.82, 2.24) is 9.88 Å². The van der Waals surface area contributed by atoms with Crippen molar-refractivity contribution in [3.05, 3.63) is 126 Å². The highest BCUT2D eigenvalue weighted by atomic mass is 16.2. The van der Waals surface area contributed by atoms with Crippen LogP contribution < -0.4 is 5.32 Å². The quantitative estimate of drug-likeness (QED) is 0.308. The Morgan fingerprint density at radius 2 is 1.58 bits per heavy atom. The van der Waals surface area contributed by atoms with E-state index in [-0.39, 0.29) is 17.5 Å². The lowest BCUT2D eigenvalue weighted by Crippen LogP contribution is -2.47. The van der Waals surface area contributed by atoms with Gasteiger partial charge in [-0.2, -0.15) is 0 Å². The number of H-pyrrole nitrogens is 1. The third kappa shape index (κ3) is 2.84. The number of aromatic nitrogens is 1. The van der Waals surface area contributed by atoms with Gasteiger partial charge < -0.3 is 15.2 Å². The predicted molar refractivity (Wildman–Crippen MR) is 145 cm³/mol. The highest BCUT2D eigenvalue weighted by Crippen LogP contribution is 2.54. The van der Waals surface area contributed by atoms with Crippen LogP contribution in [0.2, 0.25) is 0 Å². The number of likely N-dealkylation sites (tertiary alicyclic amines) is 1. The molecule has 1 saturated heterocycles. The van der Waals surface area contributed by atoms with Gasteiger partial charge in [0.15, 0.2) is 0 Å². The summed E-state index contributed by atoms with van der Waals surface area (Å²) < 4.78 is 0. The summed E-state index contributed by atoms with van der Waals surface area (Å²) in [6.45, 7) is 2.89. The molecule has 1 fully saturated rings. The topological polar surface area (TPSA) is 48.1 Å².